The predicted octanol–water partition coefficient (Wildman–Crippen LogP) is 2.38. The molecule has 0 atom stereocenters. The lowest BCUT2D eigenvalue weighted by atomic mass is 10.1. The number of nitro groups is 1. The summed E-state index contributed by atoms with van der Waals surface area (Å²) in [6.07, 6.45) is 0.0332. The highest BCUT2D eigenvalue weighted by Gasteiger charge is 2.16. The van der Waals surface area contributed by atoms with Crippen LogP contribution in [0.25, 0.3) is 0 Å². The molecule has 0 aliphatic carbocycles. The van der Waals surface area contributed by atoms with E-state index in [0.29, 0.717) is 15.6 Å². The molecule has 0 bridgehead atoms. The van der Waals surface area contributed by atoms with Crippen LogP contribution in [-0.4, -0.2) is 18.0 Å². The van der Waals surface area contributed by atoms with Crippen LogP contribution in [0.4, 0.5) is 5.69 Å². The number of nitro benzene ring substituents is 1. The number of carbonyl (C=O) groups is 1. The molecule has 16 heavy (non-hydrogen) atoms. The normalized spacial score (nSPS) is 9.94. The van der Waals surface area contributed by atoms with Crippen LogP contribution in [0.15, 0.2) is 16.6 Å². The summed E-state index contributed by atoms with van der Waals surface area (Å²) in [5.41, 5.74) is 1.24. The topological polar surface area (TPSA) is 69.4 Å². The molecule has 0 heterocycles. The molecule has 0 amide bonds. The van der Waals surface area contributed by atoms with Crippen molar-refractivity contribution in [2.75, 3.05) is 7.11 Å². The largest absolute Gasteiger partial charge is 0.469 e. The van der Waals surface area contributed by atoms with E-state index in [-0.39, 0.29) is 12.1 Å². The maximum Gasteiger partial charge on any atom is 0.309 e. The van der Waals surface area contributed by atoms with Crippen LogP contribution in [0.1, 0.15) is 11.1 Å². The van der Waals surface area contributed by atoms with E-state index in [2.05, 4.69) is 20.7 Å². The van der Waals surface area contributed by atoms with Crippen molar-refractivity contribution in [3.8, 4) is 0 Å². The third-order valence-electron chi connectivity index (χ3n) is 2.07. The molecule has 0 fully saturated rings. The fourth-order valence-corrected chi connectivity index (χ4v) is 1.67. The average molecular weight is 288 g/mol. The van der Waals surface area contributed by atoms with Gasteiger partial charge in [-0.25, -0.2) is 0 Å². The molecule has 0 saturated carbocycles. The molecule has 6 heteroatoms. The van der Waals surface area contributed by atoms with Crippen molar-refractivity contribution in [1.82, 2.24) is 0 Å². The van der Waals surface area contributed by atoms with Crippen LogP contribution >= 0.6 is 15.9 Å². The Bertz CT molecular complexity index is 445. The first kappa shape index (κ1) is 12.6. The Morgan fingerprint density at radius 2 is 2.19 bits per heavy atom. The van der Waals surface area contributed by atoms with Gasteiger partial charge < -0.3 is 4.74 Å². The molecule has 1 rings (SSSR count). The van der Waals surface area contributed by atoms with E-state index in [1.165, 1.54) is 13.2 Å². The molecule has 0 radical (unpaired) electrons. The van der Waals surface area contributed by atoms with Gasteiger partial charge in [-0.2, -0.15) is 0 Å². The molecular weight excluding hydrogens is 278 g/mol. The number of halogens is 1. The zero-order valence-electron chi connectivity index (χ0n) is 8.82. The van der Waals surface area contributed by atoms with Crippen molar-refractivity contribution in [2.45, 2.75) is 13.3 Å². The van der Waals surface area contributed by atoms with Crippen LogP contribution in [0.5, 0.6) is 0 Å². The van der Waals surface area contributed by atoms with E-state index < -0.39 is 10.9 Å². The second-order valence-electron chi connectivity index (χ2n) is 3.26. The summed E-state index contributed by atoms with van der Waals surface area (Å²) >= 11 is 3.14. The molecule has 0 spiro atoms. The number of methoxy groups -OCH3 is 1. The number of hydrogen-bond acceptors (Lipinski definition) is 4. The van der Waals surface area contributed by atoms with Gasteiger partial charge in [-0.15, -0.1) is 0 Å². The highest BCUT2D eigenvalue weighted by molar-refractivity contribution is 9.10. The number of ether oxygens (including phenoxy) is 1. The highest BCUT2D eigenvalue weighted by atomic mass is 79.9. The number of nitrogens with zero attached hydrogens (tertiary/aromatic N) is 1. The van der Waals surface area contributed by atoms with Gasteiger partial charge in [-0.05, 0) is 34.0 Å². The molecule has 0 unspecified atom stereocenters. The van der Waals surface area contributed by atoms with E-state index in [9.17, 15) is 14.9 Å². The molecular formula is C10H10BrNO4. The Labute approximate surface area is 101 Å². The van der Waals surface area contributed by atoms with Gasteiger partial charge in [-0.1, -0.05) is 6.07 Å². The van der Waals surface area contributed by atoms with Crippen LogP contribution < -0.4 is 0 Å². The molecule has 1 aromatic carbocycles. The Kier molecular flexibility index (Phi) is 4.00. The number of hydrogen-bond donors (Lipinski definition) is 0. The fourth-order valence-electron chi connectivity index (χ4n) is 1.30. The lowest BCUT2D eigenvalue weighted by Crippen LogP contribution is -2.05. The summed E-state index contributed by atoms with van der Waals surface area (Å²) in [7, 11) is 1.28. The number of carbonyl (C=O) groups excluding carboxylic acids is 1. The molecule has 86 valence electrons. The zero-order chi connectivity index (χ0) is 12.3. The van der Waals surface area contributed by atoms with Gasteiger partial charge in [0.05, 0.1) is 22.9 Å². The number of aryl methyl sites for hydroxylation is 1. The molecule has 0 aliphatic rings. The number of benzene rings is 1. The molecule has 0 N–H and O–H groups in total. The van der Waals surface area contributed by atoms with E-state index in [1.807, 2.05) is 0 Å². The lowest BCUT2D eigenvalue weighted by molar-refractivity contribution is -0.385. The lowest BCUT2D eigenvalue weighted by Gasteiger charge is -2.04. The van der Waals surface area contributed by atoms with Crippen molar-refractivity contribution in [3.05, 3.63) is 37.8 Å². The quantitative estimate of drug-likeness (QED) is 0.486. The summed E-state index contributed by atoms with van der Waals surface area (Å²) in [6.45, 7) is 1.73. The third-order valence-corrected chi connectivity index (χ3v) is 3.10. The minimum absolute atomic E-state index is 0.0332. The van der Waals surface area contributed by atoms with Crippen LogP contribution in [-0.2, 0) is 16.0 Å². The predicted molar refractivity (Wildman–Crippen MR) is 61.3 cm³/mol. The zero-order valence-corrected chi connectivity index (χ0v) is 10.4. The van der Waals surface area contributed by atoms with E-state index >= 15 is 0 Å². The highest BCUT2D eigenvalue weighted by Crippen LogP contribution is 2.29. The average Bonchev–Trinajstić information content (AvgIpc) is 2.22. The monoisotopic (exact) mass is 287 g/mol. The van der Waals surface area contributed by atoms with E-state index in [1.54, 1.807) is 13.0 Å². The van der Waals surface area contributed by atoms with Crippen LogP contribution in [0, 0.1) is 17.0 Å². The fraction of sp³-hybridized carbons (Fsp3) is 0.300. The van der Waals surface area contributed by atoms with Crippen molar-refractivity contribution in [3.63, 3.8) is 0 Å². The third kappa shape index (κ3) is 2.79. The van der Waals surface area contributed by atoms with Gasteiger partial charge in [0.2, 0.25) is 0 Å². The first-order valence-corrected chi connectivity index (χ1v) is 5.25. The Morgan fingerprint density at radius 1 is 1.56 bits per heavy atom. The summed E-state index contributed by atoms with van der Waals surface area (Å²) in [6, 6.07) is 3.09. The summed E-state index contributed by atoms with van der Waals surface area (Å²) < 4.78 is 4.94. The Hall–Kier alpha value is -1.43. The Morgan fingerprint density at radius 3 is 2.69 bits per heavy atom. The standard InChI is InChI=1S/C10H10BrNO4/c1-6-3-7(5-9(13)16-2)4-8(10(6)11)12(14)15/h3-4H,5H2,1-2H3. The van der Waals surface area contributed by atoms with E-state index in [0.717, 1.165) is 0 Å². The molecule has 0 saturated heterocycles. The van der Waals surface area contributed by atoms with Gasteiger partial charge in [-0.3, -0.25) is 14.9 Å². The number of esters is 1. The van der Waals surface area contributed by atoms with Crippen LogP contribution in [0.2, 0.25) is 0 Å². The van der Waals surface area contributed by atoms with Gasteiger partial charge in [0.15, 0.2) is 0 Å². The van der Waals surface area contributed by atoms with Crippen molar-refractivity contribution in [2.24, 2.45) is 0 Å². The summed E-state index contributed by atoms with van der Waals surface area (Å²) in [4.78, 5) is 21.3. The molecule has 5 nitrogen and oxygen atoms in total. The second kappa shape index (κ2) is 5.07. The maximum atomic E-state index is 11.1. The van der Waals surface area contributed by atoms with Crippen molar-refractivity contribution >= 4 is 27.6 Å². The maximum absolute atomic E-state index is 11.1. The van der Waals surface area contributed by atoms with Crippen molar-refractivity contribution < 1.29 is 14.5 Å². The first-order chi connectivity index (χ1) is 7.45. The smallest absolute Gasteiger partial charge is 0.309 e. The first-order valence-electron chi connectivity index (χ1n) is 4.46. The Balaban J connectivity index is 3.14. The van der Waals surface area contributed by atoms with Gasteiger partial charge in [0.25, 0.3) is 5.69 Å². The second-order valence-corrected chi connectivity index (χ2v) is 4.05. The minimum atomic E-state index is -0.488. The summed E-state index contributed by atoms with van der Waals surface area (Å²) in [5, 5.41) is 10.7. The van der Waals surface area contributed by atoms with Crippen molar-refractivity contribution in [1.29, 1.82) is 0 Å². The molecule has 0 aromatic heterocycles. The summed E-state index contributed by atoms with van der Waals surface area (Å²) in [5.74, 6) is -0.420. The van der Waals surface area contributed by atoms with Gasteiger partial charge in [0, 0.05) is 6.07 Å². The SMILES string of the molecule is COC(=O)Cc1cc(C)c(Br)c([N+](=O)[O-])c1. The number of rotatable bonds is 3. The van der Waals surface area contributed by atoms with Gasteiger partial charge >= 0.3 is 5.97 Å². The van der Waals surface area contributed by atoms with Gasteiger partial charge in [0.1, 0.15) is 0 Å². The van der Waals surface area contributed by atoms with Crippen LogP contribution in [0.3, 0.4) is 0 Å². The molecule has 1 aromatic rings. The molecule has 0 aliphatic heterocycles. The minimum Gasteiger partial charge on any atom is -0.469 e. The van der Waals surface area contributed by atoms with E-state index in [4.69, 9.17) is 0 Å².